The number of amides is 2. The normalized spacial score (nSPS) is 15.0. The molecule has 0 aliphatic carbocycles. The maximum atomic E-state index is 12.7. The van der Waals surface area contributed by atoms with Crippen LogP contribution >= 0.6 is 0 Å². The Kier molecular flexibility index (Phi) is 7.60. The summed E-state index contributed by atoms with van der Waals surface area (Å²) in [6.07, 6.45) is 1.63. The minimum absolute atomic E-state index is 0.102. The first kappa shape index (κ1) is 23.4. The second kappa shape index (κ2) is 10.4. The third-order valence-corrected chi connectivity index (χ3v) is 7.07. The summed E-state index contributed by atoms with van der Waals surface area (Å²) in [7, 11) is -3.62. The molecule has 1 saturated heterocycles. The number of ether oxygens (including phenoxy) is 1. The fraction of sp³-hybridized carbons (Fsp3) is 0.318. The van der Waals surface area contributed by atoms with Gasteiger partial charge in [-0.05, 0) is 55.2 Å². The summed E-state index contributed by atoms with van der Waals surface area (Å²) < 4.78 is 31.9. The van der Waals surface area contributed by atoms with Crippen LogP contribution in [0.2, 0.25) is 0 Å². The lowest BCUT2D eigenvalue weighted by Crippen LogP contribution is -2.43. The van der Waals surface area contributed by atoms with Crippen molar-refractivity contribution in [1.82, 2.24) is 15.2 Å². The van der Waals surface area contributed by atoms with Gasteiger partial charge in [0.05, 0.1) is 10.5 Å². The Morgan fingerprint density at radius 1 is 0.938 bits per heavy atom. The smallest absolute Gasteiger partial charge is 0.338 e. The van der Waals surface area contributed by atoms with Crippen LogP contribution in [0.15, 0.2) is 59.5 Å². The summed E-state index contributed by atoms with van der Waals surface area (Å²) in [5.74, 6) is -1.51. The number of hydrogen-bond acceptors (Lipinski definition) is 6. The average molecular weight is 460 g/mol. The number of esters is 1. The number of nitrogens with zero attached hydrogens (tertiary/aromatic N) is 1. The van der Waals surface area contributed by atoms with Crippen LogP contribution < -0.4 is 10.9 Å². The number of rotatable bonds is 6. The molecule has 0 atom stereocenters. The molecule has 1 fully saturated rings. The Bertz CT molecular complexity index is 1060. The molecule has 0 saturated carbocycles. The standard InChI is InChI=1S/C22H25N3O6S/c1-16-11-13-25(14-12-16)32(29,30)19-9-7-18(8-10-19)22(28)31-15-20(26)23-24-21(27)17-5-3-2-4-6-17/h2-10,16H,11-15H2,1H3,(H,23,26)(H,24,27). The number of hydrogen-bond donors (Lipinski definition) is 2. The molecule has 0 unspecified atom stereocenters. The molecule has 32 heavy (non-hydrogen) atoms. The van der Waals surface area contributed by atoms with Gasteiger partial charge in [0.2, 0.25) is 10.0 Å². The van der Waals surface area contributed by atoms with Crippen molar-refractivity contribution < 1.29 is 27.5 Å². The summed E-state index contributed by atoms with van der Waals surface area (Å²) in [6, 6.07) is 13.7. The zero-order valence-corrected chi connectivity index (χ0v) is 18.4. The second-order valence-corrected chi connectivity index (χ2v) is 9.49. The van der Waals surface area contributed by atoms with Gasteiger partial charge in [-0.25, -0.2) is 13.2 Å². The van der Waals surface area contributed by atoms with Crippen molar-refractivity contribution in [2.45, 2.75) is 24.7 Å². The third kappa shape index (κ3) is 5.92. The van der Waals surface area contributed by atoms with E-state index in [1.54, 1.807) is 30.3 Å². The molecule has 2 N–H and O–H groups in total. The lowest BCUT2D eigenvalue weighted by atomic mass is 10.0. The SMILES string of the molecule is CC1CCN(S(=O)(=O)c2ccc(C(=O)OCC(=O)NNC(=O)c3ccccc3)cc2)CC1. The molecule has 0 bridgehead atoms. The number of carbonyl (C=O) groups excluding carboxylic acids is 3. The first-order valence-corrected chi connectivity index (χ1v) is 11.6. The fourth-order valence-electron chi connectivity index (χ4n) is 3.18. The summed E-state index contributed by atoms with van der Waals surface area (Å²) in [6.45, 7) is 2.44. The van der Waals surface area contributed by atoms with Crippen LogP contribution in [0.25, 0.3) is 0 Å². The van der Waals surface area contributed by atoms with E-state index in [4.69, 9.17) is 4.74 Å². The summed E-state index contributed by atoms with van der Waals surface area (Å²) in [4.78, 5) is 35.9. The maximum absolute atomic E-state index is 12.7. The quantitative estimate of drug-likeness (QED) is 0.501. The molecule has 2 aromatic carbocycles. The van der Waals surface area contributed by atoms with E-state index in [9.17, 15) is 22.8 Å². The average Bonchev–Trinajstić information content (AvgIpc) is 2.82. The van der Waals surface area contributed by atoms with Gasteiger partial charge in [-0.2, -0.15) is 4.31 Å². The van der Waals surface area contributed by atoms with Crippen molar-refractivity contribution in [2.24, 2.45) is 5.92 Å². The first-order chi connectivity index (χ1) is 15.3. The van der Waals surface area contributed by atoms with E-state index < -0.39 is 34.4 Å². The predicted molar refractivity (Wildman–Crippen MR) is 116 cm³/mol. The van der Waals surface area contributed by atoms with Crippen LogP contribution in [-0.4, -0.2) is 50.2 Å². The molecule has 10 heteroatoms. The Morgan fingerprint density at radius 3 is 2.19 bits per heavy atom. The van der Waals surface area contributed by atoms with E-state index in [0.717, 1.165) is 12.8 Å². The van der Waals surface area contributed by atoms with E-state index in [2.05, 4.69) is 17.8 Å². The van der Waals surface area contributed by atoms with Gasteiger partial charge in [-0.3, -0.25) is 20.4 Å². The highest BCUT2D eigenvalue weighted by molar-refractivity contribution is 7.89. The number of benzene rings is 2. The highest BCUT2D eigenvalue weighted by Gasteiger charge is 2.28. The van der Waals surface area contributed by atoms with E-state index in [1.165, 1.54) is 28.6 Å². The van der Waals surface area contributed by atoms with Gasteiger partial charge in [0.1, 0.15) is 0 Å². The molecule has 0 aromatic heterocycles. The van der Waals surface area contributed by atoms with Gasteiger partial charge in [0, 0.05) is 18.7 Å². The Hall–Kier alpha value is -3.24. The van der Waals surface area contributed by atoms with Crippen molar-refractivity contribution in [3.63, 3.8) is 0 Å². The molecule has 3 rings (SSSR count). The lowest BCUT2D eigenvalue weighted by molar-refractivity contribution is -0.125. The molecule has 2 amide bonds. The highest BCUT2D eigenvalue weighted by atomic mass is 32.2. The molecule has 1 heterocycles. The van der Waals surface area contributed by atoms with Gasteiger partial charge in [-0.15, -0.1) is 0 Å². The number of sulfonamides is 1. The lowest BCUT2D eigenvalue weighted by Gasteiger charge is -2.29. The van der Waals surface area contributed by atoms with Crippen LogP contribution in [0.5, 0.6) is 0 Å². The van der Waals surface area contributed by atoms with Gasteiger partial charge >= 0.3 is 5.97 Å². The fourth-order valence-corrected chi connectivity index (χ4v) is 4.65. The molecule has 170 valence electrons. The maximum Gasteiger partial charge on any atom is 0.338 e. The Morgan fingerprint density at radius 2 is 1.56 bits per heavy atom. The van der Waals surface area contributed by atoms with E-state index in [-0.39, 0.29) is 10.5 Å². The molecule has 0 spiro atoms. The van der Waals surface area contributed by atoms with Gasteiger partial charge in [0.25, 0.3) is 11.8 Å². The molecule has 9 nitrogen and oxygen atoms in total. The van der Waals surface area contributed by atoms with Crippen molar-refractivity contribution in [1.29, 1.82) is 0 Å². The van der Waals surface area contributed by atoms with Crippen LogP contribution in [0, 0.1) is 5.92 Å². The molecular formula is C22H25N3O6S. The van der Waals surface area contributed by atoms with Crippen molar-refractivity contribution >= 4 is 27.8 Å². The zero-order valence-electron chi connectivity index (χ0n) is 17.6. The number of carbonyl (C=O) groups is 3. The van der Waals surface area contributed by atoms with Gasteiger partial charge in [-0.1, -0.05) is 25.1 Å². The minimum Gasteiger partial charge on any atom is -0.452 e. The van der Waals surface area contributed by atoms with E-state index in [1.807, 2.05) is 0 Å². The zero-order chi connectivity index (χ0) is 23.1. The Labute approximate surface area is 186 Å². The monoisotopic (exact) mass is 459 g/mol. The van der Waals surface area contributed by atoms with Crippen LogP contribution in [-0.2, 0) is 19.6 Å². The van der Waals surface area contributed by atoms with E-state index in [0.29, 0.717) is 24.6 Å². The van der Waals surface area contributed by atoms with Gasteiger partial charge in [0.15, 0.2) is 6.61 Å². The molecule has 0 radical (unpaired) electrons. The van der Waals surface area contributed by atoms with Crippen molar-refractivity contribution in [2.75, 3.05) is 19.7 Å². The van der Waals surface area contributed by atoms with Crippen molar-refractivity contribution in [3.05, 3.63) is 65.7 Å². The van der Waals surface area contributed by atoms with Crippen LogP contribution in [0.4, 0.5) is 0 Å². The minimum atomic E-state index is -3.62. The summed E-state index contributed by atoms with van der Waals surface area (Å²) in [5, 5.41) is 0. The molecule has 1 aliphatic heterocycles. The van der Waals surface area contributed by atoms with Crippen LogP contribution in [0.1, 0.15) is 40.5 Å². The van der Waals surface area contributed by atoms with Crippen LogP contribution in [0.3, 0.4) is 0 Å². The predicted octanol–water partition coefficient (Wildman–Crippen LogP) is 1.73. The summed E-state index contributed by atoms with van der Waals surface area (Å²) in [5.41, 5.74) is 4.84. The third-order valence-electron chi connectivity index (χ3n) is 5.16. The topological polar surface area (TPSA) is 122 Å². The van der Waals surface area contributed by atoms with Gasteiger partial charge < -0.3 is 4.74 Å². The Balaban J connectivity index is 1.49. The summed E-state index contributed by atoms with van der Waals surface area (Å²) >= 11 is 0. The highest BCUT2D eigenvalue weighted by Crippen LogP contribution is 2.23. The molecular weight excluding hydrogens is 434 g/mol. The first-order valence-electron chi connectivity index (χ1n) is 10.2. The number of nitrogens with one attached hydrogen (secondary N) is 2. The van der Waals surface area contributed by atoms with E-state index >= 15 is 0 Å². The largest absolute Gasteiger partial charge is 0.452 e. The second-order valence-electron chi connectivity index (χ2n) is 7.56. The molecule has 1 aliphatic rings. The molecule has 2 aromatic rings. The van der Waals surface area contributed by atoms with Crippen molar-refractivity contribution in [3.8, 4) is 0 Å². The number of hydrazine groups is 1. The number of piperidine rings is 1.